The van der Waals surface area contributed by atoms with Gasteiger partial charge in [-0.3, -0.25) is 9.89 Å². The maximum absolute atomic E-state index is 12.9. The summed E-state index contributed by atoms with van der Waals surface area (Å²) in [5.41, 5.74) is 1.63. The lowest BCUT2D eigenvalue weighted by Crippen LogP contribution is -2.14. The van der Waals surface area contributed by atoms with Crippen LogP contribution >= 0.6 is 0 Å². The van der Waals surface area contributed by atoms with Gasteiger partial charge in [0.15, 0.2) is 0 Å². The van der Waals surface area contributed by atoms with Crippen LogP contribution in [0.15, 0.2) is 60.8 Å². The van der Waals surface area contributed by atoms with Gasteiger partial charge in [-0.2, -0.15) is 5.10 Å². The lowest BCUT2D eigenvalue weighted by molar-refractivity contribution is 0.101. The average Bonchev–Trinajstić information content (AvgIpc) is 3.06. The number of aromatic amines is 1. The molecule has 0 spiro atoms. The Labute approximate surface area is 131 Å². The fourth-order valence-corrected chi connectivity index (χ4v) is 2.29. The summed E-state index contributed by atoms with van der Waals surface area (Å²) in [5.74, 6) is -0.627. The Kier molecular flexibility index (Phi) is 4.14. The van der Waals surface area contributed by atoms with Crippen LogP contribution in [0.2, 0.25) is 0 Å². The number of rotatable bonds is 4. The van der Waals surface area contributed by atoms with Crippen LogP contribution in [0.4, 0.5) is 14.5 Å². The van der Waals surface area contributed by atoms with Crippen molar-refractivity contribution in [3.8, 4) is 11.1 Å². The van der Waals surface area contributed by atoms with Crippen LogP contribution < -0.4 is 5.32 Å². The summed E-state index contributed by atoms with van der Waals surface area (Å²) >= 11 is 0. The first-order valence-corrected chi connectivity index (χ1v) is 6.94. The number of aromatic nitrogens is 2. The van der Waals surface area contributed by atoms with E-state index in [2.05, 4.69) is 15.5 Å². The molecule has 0 aliphatic heterocycles. The van der Waals surface area contributed by atoms with Crippen molar-refractivity contribution < 1.29 is 13.6 Å². The summed E-state index contributed by atoms with van der Waals surface area (Å²) in [6, 6.07) is 16.7. The molecular weight excluding hydrogens is 300 g/mol. The fraction of sp³-hybridized carbons (Fsp3) is 0.0588. The van der Waals surface area contributed by atoms with E-state index in [0.29, 0.717) is 5.69 Å². The number of halogens is 2. The molecule has 2 aromatic carbocycles. The quantitative estimate of drug-likeness (QED) is 0.756. The highest BCUT2D eigenvalue weighted by Crippen LogP contribution is 2.28. The third kappa shape index (κ3) is 3.11. The van der Waals surface area contributed by atoms with Gasteiger partial charge >= 0.3 is 0 Å². The molecule has 3 rings (SSSR count). The van der Waals surface area contributed by atoms with Gasteiger partial charge in [0.05, 0.1) is 11.8 Å². The van der Waals surface area contributed by atoms with Gasteiger partial charge in [-0.15, -0.1) is 0 Å². The minimum Gasteiger partial charge on any atom is -0.321 e. The van der Waals surface area contributed by atoms with E-state index in [1.54, 1.807) is 12.1 Å². The highest BCUT2D eigenvalue weighted by Gasteiger charge is 2.21. The first-order chi connectivity index (χ1) is 11.2. The molecule has 3 aromatic rings. The van der Waals surface area contributed by atoms with E-state index >= 15 is 0 Å². The summed E-state index contributed by atoms with van der Waals surface area (Å²) in [5, 5.41) is 8.35. The van der Waals surface area contributed by atoms with E-state index in [9.17, 15) is 13.6 Å². The maximum Gasteiger partial charge on any atom is 0.280 e. The molecule has 23 heavy (non-hydrogen) atoms. The predicted octanol–water partition coefficient (Wildman–Crippen LogP) is 4.27. The largest absolute Gasteiger partial charge is 0.321 e. The van der Waals surface area contributed by atoms with Gasteiger partial charge in [0.25, 0.3) is 12.3 Å². The SMILES string of the molecule is O=C(Nc1ccccc1-c1ccccc1)c1cn[nH]c1C(F)F. The smallest absolute Gasteiger partial charge is 0.280 e. The second-order valence-electron chi connectivity index (χ2n) is 4.86. The molecule has 1 heterocycles. The second-order valence-corrected chi connectivity index (χ2v) is 4.86. The lowest BCUT2D eigenvalue weighted by Gasteiger charge is -2.11. The number of H-pyrrole nitrogens is 1. The molecule has 6 heteroatoms. The van der Waals surface area contributed by atoms with Gasteiger partial charge in [-0.25, -0.2) is 8.78 Å². The minimum absolute atomic E-state index is 0.164. The normalized spacial score (nSPS) is 10.7. The number of amides is 1. The molecular formula is C17H13F2N3O. The number of carbonyl (C=O) groups is 1. The van der Waals surface area contributed by atoms with Crippen LogP contribution in [-0.2, 0) is 0 Å². The van der Waals surface area contributed by atoms with Crippen molar-refractivity contribution in [1.82, 2.24) is 10.2 Å². The monoisotopic (exact) mass is 313 g/mol. The zero-order valence-electron chi connectivity index (χ0n) is 12.0. The third-order valence-corrected chi connectivity index (χ3v) is 3.39. The predicted molar refractivity (Wildman–Crippen MR) is 83.4 cm³/mol. The highest BCUT2D eigenvalue weighted by atomic mass is 19.3. The molecule has 0 saturated carbocycles. The zero-order chi connectivity index (χ0) is 16.2. The Bertz CT molecular complexity index is 815. The molecule has 0 atom stereocenters. The van der Waals surface area contributed by atoms with Gasteiger partial charge in [0, 0.05) is 11.3 Å². The number of nitrogens with zero attached hydrogens (tertiary/aromatic N) is 1. The van der Waals surface area contributed by atoms with Crippen LogP contribution in [-0.4, -0.2) is 16.1 Å². The maximum atomic E-state index is 12.9. The van der Waals surface area contributed by atoms with Gasteiger partial charge < -0.3 is 5.32 Å². The number of alkyl halides is 2. The molecule has 0 bridgehead atoms. The molecule has 0 fully saturated rings. The molecule has 0 saturated heterocycles. The summed E-state index contributed by atoms with van der Waals surface area (Å²) in [4.78, 5) is 12.3. The van der Waals surface area contributed by atoms with Crippen LogP contribution in [0, 0.1) is 0 Å². The zero-order valence-corrected chi connectivity index (χ0v) is 12.0. The van der Waals surface area contributed by atoms with Crippen molar-refractivity contribution >= 4 is 11.6 Å². The van der Waals surface area contributed by atoms with Crippen molar-refractivity contribution in [3.63, 3.8) is 0 Å². The van der Waals surface area contributed by atoms with Crippen molar-refractivity contribution in [2.45, 2.75) is 6.43 Å². The lowest BCUT2D eigenvalue weighted by atomic mass is 10.0. The second kappa shape index (κ2) is 6.39. The van der Waals surface area contributed by atoms with Crippen LogP contribution in [0.3, 0.4) is 0 Å². The molecule has 1 amide bonds. The number of hydrogen-bond donors (Lipinski definition) is 2. The van der Waals surface area contributed by atoms with Gasteiger partial charge in [-0.05, 0) is 11.6 Å². The van der Waals surface area contributed by atoms with Crippen LogP contribution in [0.1, 0.15) is 22.5 Å². The average molecular weight is 313 g/mol. The summed E-state index contributed by atoms with van der Waals surface area (Å²) < 4.78 is 25.7. The first kappa shape index (κ1) is 14.9. The van der Waals surface area contributed by atoms with Crippen molar-refractivity contribution in [2.75, 3.05) is 5.32 Å². The van der Waals surface area contributed by atoms with Crippen molar-refractivity contribution in [1.29, 1.82) is 0 Å². The van der Waals surface area contributed by atoms with E-state index in [1.807, 2.05) is 42.5 Å². The molecule has 0 radical (unpaired) electrons. The third-order valence-electron chi connectivity index (χ3n) is 3.39. The Balaban J connectivity index is 1.92. The number of carbonyl (C=O) groups excluding carboxylic acids is 1. The number of para-hydroxylation sites is 1. The van der Waals surface area contributed by atoms with Crippen LogP contribution in [0.25, 0.3) is 11.1 Å². The number of nitrogens with one attached hydrogen (secondary N) is 2. The highest BCUT2D eigenvalue weighted by molar-refractivity contribution is 6.06. The standard InChI is InChI=1S/C17H13F2N3O/c18-16(19)15-13(10-20-22-15)17(23)21-14-9-5-4-8-12(14)11-6-2-1-3-7-11/h1-10,16H,(H,20,22)(H,21,23). The molecule has 2 N–H and O–H groups in total. The van der Waals surface area contributed by atoms with Crippen LogP contribution in [0.5, 0.6) is 0 Å². The van der Waals surface area contributed by atoms with Gasteiger partial charge in [-0.1, -0.05) is 48.5 Å². The van der Waals surface area contributed by atoms with E-state index in [0.717, 1.165) is 17.3 Å². The minimum atomic E-state index is -2.79. The Morgan fingerprint density at radius 3 is 2.48 bits per heavy atom. The van der Waals surface area contributed by atoms with E-state index < -0.39 is 18.0 Å². The Morgan fingerprint density at radius 2 is 1.74 bits per heavy atom. The number of hydrogen-bond acceptors (Lipinski definition) is 2. The van der Waals surface area contributed by atoms with Gasteiger partial charge in [0.2, 0.25) is 0 Å². The number of anilines is 1. The molecule has 4 nitrogen and oxygen atoms in total. The van der Waals surface area contributed by atoms with Crippen molar-refractivity contribution in [2.24, 2.45) is 0 Å². The summed E-state index contributed by atoms with van der Waals surface area (Å²) in [6.07, 6.45) is -1.69. The molecule has 116 valence electrons. The molecule has 0 unspecified atom stereocenters. The molecule has 0 aliphatic rings. The molecule has 1 aromatic heterocycles. The number of benzene rings is 2. The fourth-order valence-electron chi connectivity index (χ4n) is 2.29. The topological polar surface area (TPSA) is 57.8 Å². The van der Waals surface area contributed by atoms with E-state index in [4.69, 9.17) is 0 Å². The summed E-state index contributed by atoms with van der Waals surface area (Å²) in [6.45, 7) is 0. The van der Waals surface area contributed by atoms with E-state index in [-0.39, 0.29) is 5.56 Å². The van der Waals surface area contributed by atoms with Gasteiger partial charge in [0.1, 0.15) is 5.69 Å². The van der Waals surface area contributed by atoms with Crippen molar-refractivity contribution in [3.05, 3.63) is 72.1 Å². The Morgan fingerprint density at radius 1 is 1.04 bits per heavy atom. The first-order valence-electron chi connectivity index (χ1n) is 6.94. The molecule has 0 aliphatic carbocycles. The summed E-state index contributed by atoms with van der Waals surface area (Å²) in [7, 11) is 0. The Hall–Kier alpha value is -3.02. The van der Waals surface area contributed by atoms with E-state index in [1.165, 1.54) is 0 Å².